The van der Waals surface area contributed by atoms with Crippen molar-refractivity contribution in [1.29, 1.82) is 0 Å². The Kier molecular flexibility index (Phi) is 7.12. The zero-order valence-corrected chi connectivity index (χ0v) is 17.4. The molecule has 3 rings (SSSR count). The van der Waals surface area contributed by atoms with Crippen molar-refractivity contribution >= 4 is 11.6 Å². The molecule has 0 saturated carbocycles. The Morgan fingerprint density at radius 3 is 2.41 bits per heavy atom. The van der Waals surface area contributed by atoms with E-state index < -0.39 is 0 Å². The first kappa shape index (κ1) is 21.1. The lowest BCUT2D eigenvalue weighted by Gasteiger charge is -2.38. The molecule has 0 spiro atoms. The number of carbonyl (C=O) groups excluding carboxylic acids is 1. The van der Waals surface area contributed by atoms with Crippen LogP contribution in [0.5, 0.6) is 11.5 Å². The summed E-state index contributed by atoms with van der Waals surface area (Å²) in [6, 6.07) is 15.3. The van der Waals surface area contributed by atoms with Crippen LogP contribution in [-0.4, -0.2) is 45.9 Å². The van der Waals surface area contributed by atoms with E-state index in [1.54, 1.807) is 14.2 Å². The molecule has 0 radical (unpaired) electrons. The van der Waals surface area contributed by atoms with Gasteiger partial charge in [0.2, 0.25) is 5.91 Å². The zero-order chi connectivity index (χ0) is 20.7. The number of benzene rings is 2. The Morgan fingerprint density at radius 1 is 1.07 bits per heavy atom. The lowest BCUT2D eigenvalue weighted by Crippen LogP contribution is -2.48. The number of ether oxygens (including phenoxy) is 3. The summed E-state index contributed by atoms with van der Waals surface area (Å²) in [7, 11) is 3.26. The molecule has 2 aromatic rings. The number of anilines is 1. The van der Waals surface area contributed by atoms with Crippen LogP contribution in [0, 0.1) is 0 Å². The van der Waals surface area contributed by atoms with Crippen molar-refractivity contribution in [3.05, 3.63) is 54.1 Å². The molecule has 0 bridgehead atoms. The summed E-state index contributed by atoms with van der Waals surface area (Å²) in [6.45, 7) is 4.01. The fourth-order valence-corrected chi connectivity index (χ4v) is 3.70. The van der Waals surface area contributed by atoms with E-state index in [0.29, 0.717) is 18.0 Å². The highest BCUT2D eigenvalue weighted by molar-refractivity contribution is 5.95. The average Bonchev–Trinajstić information content (AvgIpc) is 2.78. The van der Waals surface area contributed by atoms with Crippen LogP contribution >= 0.6 is 0 Å². The van der Waals surface area contributed by atoms with Crippen molar-refractivity contribution in [2.24, 2.45) is 0 Å². The number of hydrogen-bond acceptors (Lipinski definition) is 5. The van der Waals surface area contributed by atoms with Gasteiger partial charge >= 0.3 is 0 Å². The lowest BCUT2D eigenvalue weighted by molar-refractivity contribution is -0.117. The van der Waals surface area contributed by atoms with Crippen LogP contribution in [0.15, 0.2) is 48.5 Å². The maximum atomic E-state index is 12.7. The fourth-order valence-electron chi connectivity index (χ4n) is 3.70. The van der Waals surface area contributed by atoms with Crippen molar-refractivity contribution in [1.82, 2.24) is 5.32 Å². The third-order valence-electron chi connectivity index (χ3n) is 5.66. The molecule has 1 fully saturated rings. The molecule has 2 N–H and O–H groups in total. The van der Waals surface area contributed by atoms with Gasteiger partial charge in [-0.15, -0.1) is 0 Å². The molecule has 1 aliphatic rings. The first-order chi connectivity index (χ1) is 14.1. The first-order valence-electron chi connectivity index (χ1n) is 9.97. The van der Waals surface area contributed by atoms with E-state index in [1.807, 2.05) is 43.3 Å². The molecule has 6 heteroatoms. The van der Waals surface area contributed by atoms with Gasteiger partial charge in [0, 0.05) is 25.2 Å². The van der Waals surface area contributed by atoms with Crippen LogP contribution in [0.2, 0.25) is 0 Å². The largest absolute Gasteiger partial charge is 0.497 e. The monoisotopic (exact) mass is 398 g/mol. The summed E-state index contributed by atoms with van der Waals surface area (Å²) in [5, 5.41) is 6.39. The minimum atomic E-state index is -0.349. The van der Waals surface area contributed by atoms with E-state index in [4.69, 9.17) is 14.2 Å². The molecular formula is C23H30N2O4. The number of methoxy groups -OCH3 is 2. The van der Waals surface area contributed by atoms with Crippen LogP contribution in [0.4, 0.5) is 5.69 Å². The number of rotatable bonds is 8. The van der Waals surface area contributed by atoms with Crippen molar-refractivity contribution in [2.45, 2.75) is 31.2 Å². The lowest BCUT2D eigenvalue weighted by atomic mass is 9.74. The standard InChI is InChI=1S/C23H30N2O4/c1-17(22(26)25-20-6-4-5-7-21(20)28-3)24-16-23(12-14-29-15-13-23)18-8-10-19(27-2)11-9-18/h4-11,17,24H,12-16H2,1-3H3,(H,25,26). The van der Waals surface area contributed by atoms with E-state index in [2.05, 4.69) is 22.8 Å². The topological polar surface area (TPSA) is 68.8 Å². The number of nitrogens with one attached hydrogen (secondary N) is 2. The SMILES string of the molecule is COc1ccc(C2(CNC(C)C(=O)Nc3ccccc3OC)CCOCC2)cc1. The van der Waals surface area contributed by atoms with Gasteiger partial charge in [-0.3, -0.25) is 4.79 Å². The van der Waals surface area contributed by atoms with Crippen LogP contribution in [0.25, 0.3) is 0 Å². The molecule has 6 nitrogen and oxygen atoms in total. The van der Waals surface area contributed by atoms with Crippen molar-refractivity contribution in [3.8, 4) is 11.5 Å². The highest BCUT2D eigenvalue weighted by atomic mass is 16.5. The predicted molar refractivity (Wildman–Crippen MR) is 114 cm³/mol. The third-order valence-corrected chi connectivity index (χ3v) is 5.66. The van der Waals surface area contributed by atoms with Crippen molar-refractivity contribution in [2.75, 3.05) is 39.3 Å². The molecule has 1 heterocycles. The number of para-hydroxylation sites is 2. The molecule has 1 unspecified atom stereocenters. The Labute approximate surface area is 172 Å². The van der Waals surface area contributed by atoms with Crippen molar-refractivity contribution in [3.63, 3.8) is 0 Å². The molecular weight excluding hydrogens is 368 g/mol. The molecule has 156 valence electrons. The Hall–Kier alpha value is -2.57. The molecule has 1 atom stereocenters. The third kappa shape index (κ3) is 5.08. The van der Waals surface area contributed by atoms with Crippen LogP contribution in [0.3, 0.4) is 0 Å². The zero-order valence-electron chi connectivity index (χ0n) is 17.4. The van der Waals surface area contributed by atoms with Gasteiger partial charge in [0.15, 0.2) is 0 Å². The number of carbonyl (C=O) groups is 1. The highest BCUT2D eigenvalue weighted by Crippen LogP contribution is 2.35. The van der Waals surface area contributed by atoms with E-state index in [0.717, 1.165) is 31.8 Å². The minimum Gasteiger partial charge on any atom is -0.497 e. The van der Waals surface area contributed by atoms with Gasteiger partial charge in [-0.25, -0.2) is 0 Å². The highest BCUT2D eigenvalue weighted by Gasteiger charge is 2.35. The summed E-state index contributed by atoms with van der Waals surface area (Å²) >= 11 is 0. The maximum absolute atomic E-state index is 12.7. The van der Waals surface area contributed by atoms with E-state index >= 15 is 0 Å². The van der Waals surface area contributed by atoms with Gasteiger partial charge in [-0.05, 0) is 49.6 Å². The molecule has 2 aromatic carbocycles. The van der Waals surface area contributed by atoms with Crippen molar-refractivity contribution < 1.29 is 19.0 Å². The number of amides is 1. The van der Waals surface area contributed by atoms with Gasteiger partial charge < -0.3 is 24.8 Å². The maximum Gasteiger partial charge on any atom is 0.241 e. The minimum absolute atomic E-state index is 0.0660. The average molecular weight is 399 g/mol. The summed E-state index contributed by atoms with van der Waals surface area (Å²) in [6.07, 6.45) is 1.82. The molecule has 0 aromatic heterocycles. The Bertz CT molecular complexity index is 801. The summed E-state index contributed by atoms with van der Waals surface area (Å²) < 4.78 is 16.2. The summed E-state index contributed by atoms with van der Waals surface area (Å²) in [4.78, 5) is 12.7. The Balaban J connectivity index is 1.67. The molecule has 1 amide bonds. The normalized spacial score (nSPS) is 16.7. The van der Waals surface area contributed by atoms with E-state index in [-0.39, 0.29) is 17.4 Å². The first-order valence-corrected chi connectivity index (χ1v) is 9.97. The second-order valence-corrected chi connectivity index (χ2v) is 7.41. The summed E-state index contributed by atoms with van der Waals surface area (Å²) in [5.41, 5.74) is 1.85. The Morgan fingerprint density at radius 2 is 1.76 bits per heavy atom. The second-order valence-electron chi connectivity index (χ2n) is 7.41. The van der Waals surface area contributed by atoms with Crippen LogP contribution in [-0.2, 0) is 14.9 Å². The van der Waals surface area contributed by atoms with Crippen LogP contribution < -0.4 is 20.1 Å². The fraction of sp³-hybridized carbons (Fsp3) is 0.435. The summed E-state index contributed by atoms with van der Waals surface area (Å²) in [5.74, 6) is 1.40. The van der Waals surface area contributed by atoms with Gasteiger partial charge in [-0.1, -0.05) is 24.3 Å². The predicted octanol–water partition coefficient (Wildman–Crippen LogP) is 3.37. The van der Waals surface area contributed by atoms with Crippen LogP contribution in [0.1, 0.15) is 25.3 Å². The van der Waals surface area contributed by atoms with Gasteiger partial charge in [0.05, 0.1) is 25.9 Å². The quantitative estimate of drug-likeness (QED) is 0.714. The smallest absolute Gasteiger partial charge is 0.241 e. The molecule has 1 aliphatic heterocycles. The molecule has 1 saturated heterocycles. The van der Waals surface area contributed by atoms with E-state index in [9.17, 15) is 4.79 Å². The van der Waals surface area contributed by atoms with Gasteiger partial charge in [0.1, 0.15) is 11.5 Å². The van der Waals surface area contributed by atoms with Gasteiger partial charge in [0.25, 0.3) is 0 Å². The number of hydrogen-bond donors (Lipinski definition) is 2. The molecule has 29 heavy (non-hydrogen) atoms. The molecule has 0 aliphatic carbocycles. The second kappa shape index (κ2) is 9.76. The van der Waals surface area contributed by atoms with E-state index in [1.165, 1.54) is 5.56 Å². The van der Waals surface area contributed by atoms with Gasteiger partial charge in [-0.2, -0.15) is 0 Å².